The Morgan fingerprint density at radius 3 is 2.62 bits per heavy atom. The van der Waals surface area contributed by atoms with E-state index in [9.17, 15) is 9.18 Å². The molecule has 0 spiro atoms. The number of likely N-dealkylation sites (tertiary alicyclic amines) is 1. The van der Waals surface area contributed by atoms with Crippen molar-refractivity contribution in [2.45, 2.75) is 25.8 Å². The van der Waals surface area contributed by atoms with E-state index in [0.29, 0.717) is 24.8 Å². The van der Waals surface area contributed by atoms with Crippen molar-refractivity contribution in [3.63, 3.8) is 0 Å². The third-order valence-electron chi connectivity index (χ3n) is 3.13. The standard InChI is InChI=1S/C13H16FNO/c1-10(15-7-6-13(16)9-15)8-11-2-4-12(14)5-3-11/h2-5,10H,6-9H2,1H3. The molecule has 2 nitrogen and oxygen atoms in total. The molecular formula is C13H16FNO. The Bertz CT molecular complexity index is 374. The molecule has 16 heavy (non-hydrogen) atoms. The maximum atomic E-state index is 12.7. The number of nitrogens with zero attached hydrogens (tertiary/aromatic N) is 1. The minimum absolute atomic E-state index is 0.201. The summed E-state index contributed by atoms with van der Waals surface area (Å²) < 4.78 is 12.7. The van der Waals surface area contributed by atoms with E-state index in [1.165, 1.54) is 12.1 Å². The first kappa shape index (κ1) is 11.3. The van der Waals surface area contributed by atoms with Gasteiger partial charge < -0.3 is 0 Å². The van der Waals surface area contributed by atoms with Crippen LogP contribution in [-0.4, -0.2) is 29.8 Å². The Balaban J connectivity index is 1.94. The van der Waals surface area contributed by atoms with Gasteiger partial charge >= 0.3 is 0 Å². The molecule has 1 heterocycles. The topological polar surface area (TPSA) is 20.3 Å². The normalized spacial score (nSPS) is 19.0. The van der Waals surface area contributed by atoms with E-state index >= 15 is 0 Å². The van der Waals surface area contributed by atoms with Crippen LogP contribution in [0.25, 0.3) is 0 Å². The van der Waals surface area contributed by atoms with Gasteiger partial charge in [-0.3, -0.25) is 9.69 Å². The zero-order valence-electron chi connectivity index (χ0n) is 9.45. The predicted octanol–water partition coefficient (Wildman–Crippen LogP) is 2.03. The summed E-state index contributed by atoms with van der Waals surface area (Å²) in [6.45, 7) is 3.55. The highest BCUT2D eigenvalue weighted by Crippen LogP contribution is 2.14. The lowest BCUT2D eigenvalue weighted by Gasteiger charge is -2.22. The first-order valence-electron chi connectivity index (χ1n) is 5.65. The third kappa shape index (κ3) is 2.67. The fraction of sp³-hybridized carbons (Fsp3) is 0.462. The molecule has 1 aromatic carbocycles. The molecule has 3 heteroatoms. The Kier molecular flexibility index (Phi) is 3.34. The van der Waals surface area contributed by atoms with Crippen molar-refractivity contribution in [2.24, 2.45) is 0 Å². The number of ketones is 1. The molecule has 0 N–H and O–H groups in total. The molecule has 1 aliphatic heterocycles. The molecule has 0 radical (unpaired) electrons. The Morgan fingerprint density at radius 2 is 2.06 bits per heavy atom. The van der Waals surface area contributed by atoms with Gasteiger partial charge in [0.2, 0.25) is 0 Å². The van der Waals surface area contributed by atoms with Crippen LogP contribution in [0.4, 0.5) is 4.39 Å². The van der Waals surface area contributed by atoms with E-state index in [1.807, 2.05) is 12.1 Å². The summed E-state index contributed by atoms with van der Waals surface area (Å²) in [5.41, 5.74) is 1.12. The molecule has 2 rings (SSSR count). The van der Waals surface area contributed by atoms with Crippen LogP contribution in [0.3, 0.4) is 0 Å². The van der Waals surface area contributed by atoms with Gasteiger partial charge in [-0.15, -0.1) is 0 Å². The molecule has 1 saturated heterocycles. The van der Waals surface area contributed by atoms with Gasteiger partial charge in [0.1, 0.15) is 11.6 Å². The number of hydrogen-bond acceptors (Lipinski definition) is 2. The van der Waals surface area contributed by atoms with Crippen LogP contribution in [0.5, 0.6) is 0 Å². The maximum absolute atomic E-state index is 12.7. The number of halogens is 1. The Hall–Kier alpha value is -1.22. The minimum atomic E-state index is -0.201. The second kappa shape index (κ2) is 4.74. The van der Waals surface area contributed by atoms with Crippen LogP contribution in [-0.2, 0) is 11.2 Å². The molecular weight excluding hydrogens is 205 g/mol. The number of hydrogen-bond donors (Lipinski definition) is 0. The third-order valence-corrected chi connectivity index (χ3v) is 3.13. The fourth-order valence-corrected chi connectivity index (χ4v) is 2.12. The second-order valence-electron chi connectivity index (χ2n) is 4.44. The lowest BCUT2D eigenvalue weighted by Crippen LogP contribution is -2.32. The highest BCUT2D eigenvalue weighted by molar-refractivity contribution is 5.82. The van der Waals surface area contributed by atoms with Crippen LogP contribution in [0.1, 0.15) is 18.9 Å². The van der Waals surface area contributed by atoms with Crippen molar-refractivity contribution in [3.05, 3.63) is 35.6 Å². The van der Waals surface area contributed by atoms with Crippen LogP contribution < -0.4 is 0 Å². The van der Waals surface area contributed by atoms with Crippen molar-refractivity contribution in [1.82, 2.24) is 4.90 Å². The summed E-state index contributed by atoms with van der Waals surface area (Å²) in [5, 5.41) is 0. The van der Waals surface area contributed by atoms with Crippen molar-refractivity contribution in [2.75, 3.05) is 13.1 Å². The average molecular weight is 221 g/mol. The number of carbonyl (C=O) groups excluding carboxylic acids is 1. The number of carbonyl (C=O) groups is 1. The molecule has 1 unspecified atom stereocenters. The number of rotatable bonds is 3. The summed E-state index contributed by atoms with van der Waals surface area (Å²) in [6.07, 6.45) is 1.54. The maximum Gasteiger partial charge on any atom is 0.148 e. The van der Waals surface area contributed by atoms with Gasteiger partial charge in [0.05, 0.1) is 6.54 Å². The minimum Gasteiger partial charge on any atom is -0.298 e. The molecule has 1 atom stereocenters. The molecule has 1 aliphatic rings. The van der Waals surface area contributed by atoms with Crippen LogP contribution in [0, 0.1) is 5.82 Å². The quantitative estimate of drug-likeness (QED) is 0.778. The highest BCUT2D eigenvalue weighted by atomic mass is 19.1. The monoisotopic (exact) mass is 221 g/mol. The molecule has 0 aliphatic carbocycles. The first-order valence-corrected chi connectivity index (χ1v) is 5.65. The summed E-state index contributed by atoms with van der Waals surface area (Å²) in [7, 11) is 0. The SMILES string of the molecule is CC(Cc1ccc(F)cc1)N1CCC(=O)C1. The zero-order valence-corrected chi connectivity index (χ0v) is 9.45. The molecule has 1 aromatic rings. The van der Waals surface area contributed by atoms with Gasteiger partial charge in [-0.05, 0) is 31.0 Å². The largest absolute Gasteiger partial charge is 0.298 e. The predicted molar refractivity (Wildman–Crippen MR) is 60.8 cm³/mol. The van der Waals surface area contributed by atoms with E-state index < -0.39 is 0 Å². The first-order chi connectivity index (χ1) is 7.65. The number of benzene rings is 1. The van der Waals surface area contributed by atoms with Crippen LogP contribution in [0.15, 0.2) is 24.3 Å². The fourth-order valence-electron chi connectivity index (χ4n) is 2.12. The molecule has 0 bridgehead atoms. The molecule has 0 amide bonds. The molecule has 86 valence electrons. The second-order valence-corrected chi connectivity index (χ2v) is 4.44. The van der Waals surface area contributed by atoms with E-state index in [-0.39, 0.29) is 5.82 Å². The average Bonchev–Trinajstić information content (AvgIpc) is 2.68. The lowest BCUT2D eigenvalue weighted by molar-refractivity contribution is -0.117. The Morgan fingerprint density at radius 1 is 1.38 bits per heavy atom. The van der Waals surface area contributed by atoms with Crippen molar-refractivity contribution < 1.29 is 9.18 Å². The van der Waals surface area contributed by atoms with E-state index in [2.05, 4.69) is 11.8 Å². The Labute approximate surface area is 95.1 Å². The number of Topliss-reactive ketones (excluding diaryl/α,β-unsaturated/α-hetero) is 1. The smallest absolute Gasteiger partial charge is 0.148 e. The van der Waals surface area contributed by atoms with Gasteiger partial charge in [0, 0.05) is 19.0 Å². The van der Waals surface area contributed by atoms with E-state index in [4.69, 9.17) is 0 Å². The highest BCUT2D eigenvalue weighted by Gasteiger charge is 2.23. The van der Waals surface area contributed by atoms with Crippen molar-refractivity contribution >= 4 is 5.78 Å². The van der Waals surface area contributed by atoms with Crippen LogP contribution in [0.2, 0.25) is 0 Å². The van der Waals surface area contributed by atoms with E-state index in [1.54, 1.807) is 0 Å². The van der Waals surface area contributed by atoms with Crippen LogP contribution >= 0.6 is 0 Å². The summed E-state index contributed by atoms with van der Waals surface area (Å²) in [4.78, 5) is 13.3. The lowest BCUT2D eigenvalue weighted by atomic mass is 10.1. The van der Waals surface area contributed by atoms with E-state index in [0.717, 1.165) is 18.5 Å². The summed E-state index contributed by atoms with van der Waals surface area (Å²) in [6, 6.07) is 6.93. The zero-order chi connectivity index (χ0) is 11.5. The summed E-state index contributed by atoms with van der Waals surface area (Å²) in [5.74, 6) is 0.124. The van der Waals surface area contributed by atoms with Gasteiger partial charge in [-0.1, -0.05) is 12.1 Å². The molecule has 0 aromatic heterocycles. The summed E-state index contributed by atoms with van der Waals surface area (Å²) >= 11 is 0. The van der Waals surface area contributed by atoms with Crippen molar-refractivity contribution in [3.8, 4) is 0 Å². The van der Waals surface area contributed by atoms with Gasteiger partial charge in [-0.25, -0.2) is 4.39 Å². The molecule has 1 fully saturated rings. The van der Waals surface area contributed by atoms with Crippen molar-refractivity contribution in [1.29, 1.82) is 0 Å². The molecule has 0 saturated carbocycles. The van der Waals surface area contributed by atoms with Gasteiger partial charge in [0.25, 0.3) is 0 Å². The van der Waals surface area contributed by atoms with Gasteiger partial charge in [0.15, 0.2) is 0 Å². The van der Waals surface area contributed by atoms with Gasteiger partial charge in [-0.2, -0.15) is 0 Å².